The van der Waals surface area contributed by atoms with Crippen LogP contribution in [0.15, 0.2) is 59.3 Å². The SMILES string of the molecule is C[C@@H]1C[C@@H]1c1ccc(CN(C(=O)c2cnn(Cc3ccccc3)c2)C2CC2)o1. The fraction of sp³-hybridized carbons (Fsp3) is 0.391. The first-order chi connectivity index (χ1) is 13.7. The molecule has 0 bridgehead atoms. The van der Waals surface area contributed by atoms with Crippen LogP contribution in [-0.4, -0.2) is 26.6 Å². The number of amides is 1. The van der Waals surface area contributed by atoms with Crippen molar-refractivity contribution < 1.29 is 9.21 Å². The number of hydrogen-bond donors (Lipinski definition) is 0. The highest BCUT2D eigenvalue weighted by atomic mass is 16.3. The molecule has 0 unspecified atom stereocenters. The third kappa shape index (κ3) is 3.61. The number of nitrogens with zero attached hydrogens (tertiary/aromatic N) is 3. The zero-order valence-electron chi connectivity index (χ0n) is 16.1. The standard InChI is InChI=1S/C23H25N3O2/c1-16-11-21(16)22-10-9-20(28-22)15-26(19-7-8-19)23(27)18-12-24-25(14-18)13-17-5-3-2-4-6-17/h2-6,9-10,12,14,16,19,21H,7-8,11,13,15H2,1H3/t16-,21+/m1/s1. The minimum absolute atomic E-state index is 0.0413. The van der Waals surface area contributed by atoms with Crippen LogP contribution in [0.5, 0.6) is 0 Å². The Morgan fingerprint density at radius 2 is 2.00 bits per heavy atom. The summed E-state index contributed by atoms with van der Waals surface area (Å²) in [7, 11) is 0. The summed E-state index contributed by atoms with van der Waals surface area (Å²) in [6, 6.07) is 14.6. The summed E-state index contributed by atoms with van der Waals surface area (Å²) in [6.07, 6.45) is 6.87. The van der Waals surface area contributed by atoms with Gasteiger partial charge in [0.05, 0.1) is 24.8 Å². The van der Waals surface area contributed by atoms with Gasteiger partial charge in [-0.2, -0.15) is 5.10 Å². The minimum Gasteiger partial charge on any atom is -0.464 e. The van der Waals surface area contributed by atoms with E-state index in [0.29, 0.717) is 30.6 Å². The largest absolute Gasteiger partial charge is 0.464 e. The summed E-state index contributed by atoms with van der Waals surface area (Å²) in [5, 5.41) is 4.39. The second-order valence-corrected chi connectivity index (χ2v) is 8.20. The lowest BCUT2D eigenvalue weighted by Gasteiger charge is -2.20. The third-order valence-corrected chi connectivity index (χ3v) is 5.80. The molecule has 2 aliphatic rings. The molecule has 5 rings (SSSR count). The Balaban J connectivity index is 1.29. The van der Waals surface area contributed by atoms with Crippen LogP contribution in [0.3, 0.4) is 0 Å². The number of carbonyl (C=O) groups is 1. The molecular formula is C23H25N3O2. The number of rotatable bonds is 7. The first kappa shape index (κ1) is 17.3. The first-order valence-electron chi connectivity index (χ1n) is 10.1. The molecule has 1 aromatic carbocycles. The lowest BCUT2D eigenvalue weighted by molar-refractivity contribution is 0.0716. The number of furan rings is 1. The van der Waals surface area contributed by atoms with E-state index in [-0.39, 0.29) is 5.91 Å². The van der Waals surface area contributed by atoms with Gasteiger partial charge >= 0.3 is 0 Å². The number of benzene rings is 1. The van der Waals surface area contributed by atoms with Gasteiger partial charge in [-0.25, -0.2) is 0 Å². The molecular weight excluding hydrogens is 350 g/mol. The smallest absolute Gasteiger partial charge is 0.257 e. The molecule has 2 fully saturated rings. The van der Waals surface area contributed by atoms with E-state index in [2.05, 4.69) is 30.2 Å². The fourth-order valence-electron chi connectivity index (χ4n) is 3.81. The van der Waals surface area contributed by atoms with Gasteiger partial charge in [-0.3, -0.25) is 9.48 Å². The molecule has 2 aliphatic carbocycles. The van der Waals surface area contributed by atoms with E-state index in [9.17, 15) is 4.79 Å². The van der Waals surface area contributed by atoms with Gasteiger partial charge in [0.15, 0.2) is 0 Å². The highest BCUT2D eigenvalue weighted by molar-refractivity contribution is 5.94. The predicted molar refractivity (Wildman–Crippen MR) is 106 cm³/mol. The van der Waals surface area contributed by atoms with Crippen LogP contribution < -0.4 is 0 Å². The molecule has 0 N–H and O–H groups in total. The first-order valence-corrected chi connectivity index (χ1v) is 10.1. The highest BCUT2D eigenvalue weighted by Gasteiger charge is 2.38. The van der Waals surface area contributed by atoms with Gasteiger partial charge in [-0.15, -0.1) is 0 Å². The fourth-order valence-corrected chi connectivity index (χ4v) is 3.81. The van der Waals surface area contributed by atoms with Crippen LogP contribution in [0.25, 0.3) is 0 Å². The van der Waals surface area contributed by atoms with Gasteiger partial charge in [-0.1, -0.05) is 37.3 Å². The Morgan fingerprint density at radius 1 is 1.21 bits per heavy atom. The van der Waals surface area contributed by atoms with Crippen LogP contribution in [0.4, 0.5) is 0 Å². The van der Waals surface area contributed by atoms with E-state index in [1.165, 1.54) is 12.0 Å². The monoisotopic (exact) mass is 375 g/mol. The molecule has 28 heavy (non-hydrogen) atoms. The predicted octanol–water partition coefficient (Wildman–Crippen LogP) is 4.45. The second-order valence-electron chi connectivity index (χ2n) is 8.20. The normalized spacial score (nSPS) is 20.9. The second kappa shape index (κ2) is 6.97. The number of carbonyl (C=O) groups excluding carboxylic acids is 1. The Labute approximate surface area is 165 Å². The van der Waals surface area contributed by atoms with E-state index < -0.39 is 0 Å². The highest BCUT2D eigenvalue weighted by Crippen LogP contribution is 2.47. The van der Waals surface area contributed by atoms with Gasteiger partial charge in [-0.05, 0) is 42.9 Å². The summed E-state index contributed by atoms with van der Waals surface area (Å²) < 4.78 is 7.87. The molecule has 1 amide bonds. The maximum atomic E-state index is 13.1. The van der Waals surface area contributed by atoms with Crippen molar-refractivity contribution in [1.82, 2.24) is 14.7 Å². The molecule has 5 nitrogen and oxygen atoms in total. The number of aromatic nitrogens is 2. The number of hydrogen-bond acceptors (Lipinski definition) is 3. The van der Waals surface area contributed by atoms with Gasteiger partial charge in [0, 0.05) is 18.2 Å². The molecule has 2 saturated carbocycles. The van der Waals surface area contributed by atoms with Gasteiger partial charge in [0.2, 0.25) is 0 Å². The summed E-state index contributed by atoms with van der Waals surface area (Å²) >= 11 is 0. The summed E-state index contributed by atoms with van der Waals surface area (Å²) in [5.41, 5.74) is 1.81. The van der Waals surface area contributed by atoms with Crippen LogP contribution in [0.2, 0.25) is 0 Å². The van der Waals surface area contributed by atoms with E-state index >= 15 is 0 Å². The van der Waals surface area contributed by atoms with Gasteiger partial charge < -0.3 is 9.32 Å². The van der Waals surface area contributed by atoms with Crippen LogP contribution >= 0.6 is 0 Å². The Bertz CT molecular complexity index is 971. The quantitative estimate of drug-likeness (QED) is 0.613. The Kier molecular flexibility index (Phi) is 4.30. The molecule has 2 heterocycles. The molecule has 3 aromatic rings. The molecule has 0 aliphatic heterocycles. The van der Waals surface area contributed by atoms with Crippen molar-refractivity contribution in [2.75, 3.05) is 0 Å². The van der Waals surface area contributed by atoms with Crippen LogP contribution in [0.1, 0.15) is 59.5 Å². The molecule has 144 valence electrons. The van der Waals surface area contributed by atoms with Gasteiger partial charge in [0.1, 0.15) is 11.5 Å². The Hall–Kier alpha value is -2.82. The van der Waals surface area contributed by atoms with E-state index in [1.54, 1.807) is 6.20 Å². The zero-order chi connectivity index (χ0) is 19.1. The topological polar surface area (TPSA) is 51.3 Å². The third-order valence-electron chi connectivity index (χ3n) is 5.80. The average Bonchev–Trinajstić information content (AvgIpc) is 3.58. The maximum Gasteiger partial charge on any atom is 0.257 e. The molecule has 0 radical (unpaired) electrons. The molecule has 5 heteroatoms. The van der Waals surface area contributed by atoms with Crippen molar-refractivity contribution in [3.63, 3.8) is 0 Å². The van der Waals surface area contributed by atoms with E-state index in [0.717, 1.165) is 30.3 Å². The summed E-state index contributed by atoms with van der Waals surface area (Å²) in [6.45, 7) is 3.45. The van der Waals surface area contributed by atoms with Crippen LogP contribution in [0, 0.1) is 5.92 Å². The summed E-state index contributed by atoms with van der Waals surface area (Å²) in [4.78, 5) is 15.1. The van der Waals surface area contributed by atoms with Crippen molar-refractivity contribution in [1.29, 1.82) is 0 Å². The lowest BCUT2D eigenvalue weighted by atomic mass is 10.2. The lowest BCUT2D eigenvalue weighted by Crippen LogP contribution is -2.32. The zero-order valence-corrected chi connectivity index (χ0v) is 16.1. The molecule has 0 saturated heterocycles. The van der Waals surface area contributed by atoms with Crippen molar-refractivity contribution in [3.05, 3.63) is 77.5 Å². The molecule has 0 spiro atoms. The maximum absolute atomic E-state index is 13.1. The molecule has 2 atom stereocenters. The van der Waals surface area contributed by atoms with Crippen molar-refractivity contribution >= 4 is 5.91 Å². The average molecular weight is 375 g/mol. The van der Waals surface area contributed by atoms with E-state index in [4.69, 9.17) is 4.42 Å². The van der Waals surface area contributed by atoms with Crippen LogP contribution in [-0.2, 0) is 13.1 Å². The molecule has 2 aromatic heterocycles. The van der Waals surface area contributed by atoms with Crippen molar-refractivity contribution in [3.8, 4) is 0 Å². The van der Waals surface area contributed by atoms with E-state index in [1.807, 2.05) is 40.0 Å². The van der Waals surface area contributed by atoms with Gasteiger partial charge in [0.25, 0.3) is 5.91 Å². The Morgan fingerprint density at radius 3 is 2.71 bits per heavy atom. The van der Waals surface area contributed by atoms with Crippen molar-refractivity contribution in [2.45, 2.75) is 51.2 Å². The van der Waals surface area contributed by atoms with Crippen molar-refractivity contribution in [2.24, 2.45) is 5.92 Å². The minimum atomic E-state index is 0.0413. The summed E-state index contributed by atoms with van der Waals surface area (Å²) in [5.74, 6) is 3.28.